The molecule has 0 unspecified atom stereocenters. The van der Waals surface area contributed by atoms with Crippen molar-refractivity contribution in [3.63, 3.8) is 0 Å². The molecule has 6 nitrogen and oxygen atoms in total. The van der Waals surface area contributed by atoms with Gasteiger partial charge in [-0.25, -0.2) is 9.78 Å². The Labute approximate surface area is 168 Å². The topological polar surface area (TPSA) is 81.4 Å². The molecule has 0 spiro atoms. The number of nitrogens with one attached hydrogen (secondary N) is 1. The number of fused-ring (bicyclic) bond motifs is 2. The van der Waals surface area contributed by atoms with Crippen LogP contribution in [0.3, 0.4) is 0 Å². The van der Waals surface area contributed by atoms with Crippen LogP contribution in [0.5, 0.6) is 0 Å². The number of likely N-dealkylation sites (N-methyl/N-ethyl adjacent to an activating group) is 1. The Balaban J connectivity index is 1.87. The van der Waals surface area contributed by atoms with Crippen LogP contribution in [0.4, 0.5) is 0 Å². The number of carbonyl (C=O) groups is 2. The first-order valence-electron chi connectivity index (χ1n) is 9.60. The molecular formula is C23H22N2O4. The van der Waals surface area contributed by atoms with Crippen molar-refractivity contribution >= 4 is 34.4 Å². The molecule has 1 aliphatic rings. The number of nitrogens with zero attached hydrogens (tertiary/aromatic N) is 1. The van der Waals surface area contributed by atoms with E-state index in [4.69, 9.17) is 14.1 Å². The van der Waals surface area contributed by atoms with Gasteiger partial charge in [-0.3, -0.25) is 4.79 Å². The Hall–Kier alpha value is -3.41. The van der Waals surface area contributed by atoms with E-state index in [-0.39, 0.29) is 12.5 Å². The fraction of sp³-hybridized carbons (Fsp3) is 0.261. The van der Waals surface area contributed by atoms with Gasteiger partial charge >= 0.3 is 5.97 Å². The number of benzene rings is 1. The lowest BCUT2D eigenvalue weighted by molar-refractivity contribution is -0.123. The molecule has 1 N–H and O–H groups in total. The Morgan fingerprint density at radius 2 is 2.07 bits per heavy atom. The van der Waals surface area contributed by atoms with Crippen LogP contribution < -0.4 is 5.32 Å². The molecule has 0 radical (unpaired) electrons. The number of carbonyl (C=O) groups excluding carboxylic acids is 2. The largest absolute Gasteiger partial charge is 0.465 e. The van der Waals surface area contributed by atoms with Crippen LogP contribution in [0, 0.1) is 5.92 Å². The molecule has 0 saturated heterocycles. The molecule has 1 aromatic carbocycles. The fourth-order valence-electron chi connectivity index (χ4n) is 3.79. The van der Waals surface area contributed by atoms with E-state index in [2.05, 4.69) is 12.2 Å². The number of esters is 1. The summed E-state index contributed by atoms with van der Waals surface area (Å²) in [4.78, 5) is 29.4. The third-order valence-corrected chi connectivity index (χ3v) is 5.10. The first-order chi connectivity index (χ1) is 14.1. The van der Waals surface area contributed by atoms with Gasteiger partial charge < -0.3 is 14.5 Å². The SMILES string of the molecule is CNC(=O)COC(=O)c1c2c(nc3ccccc13)/C(=C\c1ccco1)C[C@@H](C)C2. The highest BCUT2D eigenvalue weighted by molar-refractivity contribution is 6.07. The molecule has 1 amide bonds. The van der Waals surface area contributed by atoms with E-state index >= 15 is 0 Å². The van der Waals surface area contributed by atoms with Crippen LogP contribution >= 0.6 is 0 Å². The average molecular weight is 390 g/mol. The number of hydrogen-bond acceptors (Lipinski definition) is 5. The zero-order valence-corrected chi connectivity index (χ0v) is 16.4. The van der Waals surface area contributed by atoms with Gasteiger partial charge in [0.25, 0.3) is 5.91 Å². The van der Waals surface area contributed by atoms with Gasteiger partial charge in [-0.15, -0.1) is 0 Å². The molecule has 6 heteroatoms. The van der Waals surface area contributed by atoms with E-state index < -0.39 is 5.97 Å². The van der Waals surface area contributed by atoms with Crippen molar-refractivity contribution in [1.82, 2.24) is 10.3 Å². The van der Waals surface area contributed by atoms with Crippen LogP contribution in [-0.4, -0.2) is 30.5 Å². The number of amides is 1. The molecule has 0 bridgehead atoms. The summed E-state index contributed by atoms with van der Waals surface area (Å²) < 4.78 is 10.8. The van der Waals surface area contributed by atoms with Gasteiger partial charge in [0.05, 0.1) is 23.0 Å². The van der Waals surface area contributed by atoms with E-state index in [9.17, 15) is 9.59 Å². The lowest BCUT2D eigenvalue weighted by Crippen LogP contribution is -2.26. The van der Waals surface area contributed by atoms with Crippen LogP contribution in [0.25, 0.3) is 22.6 Å². The minimum Gasteiger partial charge on any atom is -0.465 e. The third-order valence-electron chi connectivity index (χ3n) is 5.10. The number of ether oxygens (including phenoxy) is 1. The number of hydrogen-bond donors (Lipinski definition) is 1. The predicted molar refractivity (Wildman–Crippen MR) is 110 cm³/mol. The minimum atomic E-state index is -0.505. The highest BCUT2D eigenvalue weighted by Gasteiger charge is 2.29. The molecule has 0 aliphatic heterocycles. The summed E-state index contributed by atoms with van der Waals surface area (Å²) in [6.07, 6.45) is 5.17. The second kappa shape index (κ2) is 7.91. The molecule has 3 aromatic rings. The summed E-state index contributed by atoms with van der Waals surface area (Å²) in [7, 11) is 1.51. The standard InChI is InChI=1S/C23H22N2O4/c1-14-10-15(12-16-6-5-9-28-16)22-18(11-14)21(23(27)29-13-20(26)24-2)17-7-3-4-8-19(17)25-22/h3-9,12,14H,10-11,13H2,1-2H3,(H,24,26)/b15-12-/t14-/m1/s1. The zero-order valence-electron chi connectivity index (χ0n) is 16.4. The zero-order chi connectivity index (χ0) is 20.4. The minimum absolute atomic E-state index is 0.314. The average Bonchev–Trinajstić information content (AvgIpc) is 3.23. The lowest BCUT2D eigenvalue weighted by Gasteiger charge is -2.26. The number of aromatic nitrogens is 1. The van der Waals surface area contributed by atoms with Gasteiger partial charge in [0.1, 0.15) is 5.76 Å². The number of furan rings is 1. The molecule has 2 heterocycles. The molecule has 4 rings (SSSR count). The monoisotopic (exact) mass is 390 g/mol. The van der Waals surface area contributed by atoms with E-state index in [0.717, 1.165) is 39.9 Å². The van der Waals surface area contributed by atoms with Crippen LogP contribution in [0.1, 0.15) is 40.7 Å². The summed E-state index contributed by atoms with van der Waals surface area (Å²) in [5.74, 6) is 0.225. The van der Waals surface area contributed by atoms with Gasteiger partial charge in [0, 0.05) is 12.4 Å². The second-order valence-corrected chi connectivity index (χ2v) is 7.28. The normalized spacial score (nSPS) is 17.2. The molecule has 0 saturated carbocycles. The van der Waals surface area contributed by atoms with Gasteiger partial charge in [0.2, 0.25) is 0 Å². The number of allylic oxidation sites excluding steroid dienone is 1. The van der Waals surface area contributed by atoms with Gasteiger partial charge in [-0.2, -0.15) is 0 Å². The van der Waals surface area contributed by atoms with Crippen LogP contribution in [0.15, 0.2) is 47.1 Å². The van der Waals surface area contributed by atoms with E-state index in [1.807, 2.05) is 42.5 Å². The molecular weight excluding hydrogens is 368 g/mol. The predicted octanol–water partition coefficient (Wildman–Crippen LogP) is 3.85. The third kappa shape index (κ3) is 3.78. The maximum Gasteiger partial charge on any atom is 0.339 e. The summed E-state index contributed by atoms with van der Waals surface area (Å²) in [5, 5.41) is 3.20. The van der Waals surface area contributed by atoms with Crippen molar-refractivity contribution in [1.29, 1.82) is 0 Å². The quantitative estimate of drug-likeness (QED) is 0.684. The number of pyridine rings is 1. The van der Waals surface area contributed by atoms with Crippen molar-refractivity contribution in [3.05, 3.63) is 65.2 Å². The van der Waals surface area contributed by atoms with Gasteiger partial charge in [0.15, 0.2) is 6.61 Å². The fourth-order valence-corrected chi connectivity index (χ4v) is 3.79. The van der Waals surface area contributed by atoms with Crippen LogP contribution in [0.2, 0.25) is 0 Å². The summed E-state index contributed by atoms with van der Waals surface area (Å²) in [6, 6.07) is 11.3. The van der Waals surface area contributed by atoms with Crippen molar-refractivity contribution in [3.8, 4) is 0 Å². The second-order valence-electron chi connectivity index (χ2n) is 7.28. The molecule has 2 aromatic heterocycles. The Bertz CT molecular complexity index is 1100. The van der Waals surface area contributed by atoms with Crippen LogP contribution in [-0.2, 0) is 16.0 Å². The first kappa shape index (κ1) is 18.9. The lowest BCUT2D eigenvalue weighted by atomic mass is 9.81. The smallest absolute Gasteiger partial charge is 0.339 e. The van der Waals surface area contributed by atoms with Gasteiger partial charge in [-0.05, 0) is 54.2 Å². The Morgan fingerprint density at radius 3 is 2.83 bits per heavy atom. The van der Waals surface area contributed by atoms with E-state index in [1.54, 1.807) is 6.26 Å². The Morgan fingerprint density at radius 1 is 1.24 bits per heavy atom. The highest BCUT2D eigenvalue weighted by atomic mass is 16.5. The first-order valence-corrected chi connectivity index (χ1v) is 9.60. The summed E-state index contributed by atoms with van der Waals surface area (Å²) in [6.45, 7) is 1.83. The highest BCUT2D eigenvalue weighted by Crippen LogP contribution is 2.38. The number of para-hydroxylation sites is 1. The van der Waals surface area contributed by atoms with E-state index in [0.29, 0.717) is 17.9 Å². The van der Waals surface area contributed by atoms with Crippen molar-refractivity contribution in [2.75, 3.05) is 13.7 Å². The molecule has 148 valence electrons. The molecule has 29 heavy (non-hydrogen) atoms. The summed E-state index contributed by atoms with van der Waals surface area (Å²) >= 11 is 0. The van der Waals surface area contributed by atoms with Crippen molar-refractivity contribution in [2.45, 2.75) is 19.8 Å². The molecule has 1 atom stereocenters. The van der Waals surface area contributed by atoms with Crippen molar-refractivity contribution < 1.29 is 18.7 Å². The van der Waals surface area contributed by atoms with Crippen molar-refractivity contribution in [2.24, 2.45) is 5.92 Å². The maximum absolute atomic E-state index is 13.0. The summed E-state index contributed by atoms with van der Waals surface area (Å²) in [5.41, 5.74) is 3.90. The van der Waals surface area contributed by atoms with Gasteiger partial charge in [-0.1, -0.05) is 25.1 Å². The van der Waals surface area contributed by atoms with E-state index in [1.165, 1.54) is 7.05 Å². The Kier molecular flexibility index (Phi) is 5.16. The molecule has 1 aliphatic carbocycles. The maximum atomic E-state index is 13.0. The molecule has 0 fully saturated rings. The number of rotatable bonds is 4.